The van der Waals surface area contributed by atoms with Crippen molar-refractivity contribution in [1.82, 2.24) is 9.80 Å². The molecule has 0 N–H and O–H groups in total. The van der Waals surface area contributed by atoms with E-state index >= 15 is 0 Å². The molecule has 0 amide bonds. The summed E-state index contributed by atoms with van der Waals surface area (Å²) in [5.41, 5.74) is 0. The average Bonchev–Trinajstić information content (AvgIpc) is 2.89. The van der Waals surface area contributed by atoms with Crippen LogP contribution in [0.3, 0.4) is 0 Å². The summed E-state index contributed by atoms with van der Waals surface area (Å²) in [4.78, 5) is 4.48. The lowest BCUT2D eigenvalue weighted by Crippen LogP contribution is -2.25. The lowest BCUT2D eigenvalue weighted by atomic mass is 10.1. The summed E-state index contributed by atoms with van der Waals surface area (Å²) in [6.45, 7) is 4.43. The maximum Gasteiger partial charge on any atom is 0.0941 e. The predicted octanol–water partition coefficient (Wildman–Crippen LogP) is 5.15. The summed E-state index contributed by atoms with van der Waals surface area (Å²) < 4.78 is 0. The molecule has 112 valence electrons. The molecule has 1 aliphatic rings. The Kier molecular flexibility index (Phi) is 10.1. The molecule has 0 aromatic heterocycles. The topological polar surface area (TPSA) is 6.48 Å². The lowest BCUT2D eigenvalue weighted by Gasteiger charge is -2.19. The van der Waals surface area contributed by atoms with Crippen molar-refractivity contribution in [2.24, 2.45) is 0 Å². The lowest BCUT2D eigenvalue weighted by molar-refractivity contribution is 0.283. The molecule has 1 rings (SSSR count). The zero-order valence-electron chi connectivity index (χ0n) is 12.6. The van der Waals surface area contributed by atoms with Crippen molar-refractivity contribution in [3.05, 3.63) is 12.4 Å². The van der Waals surface area contributed by atoms with E-state index in [0.29, 0.717) is 6.00 Å². The molecule has 0 aliphatic carbocycles. The highest BCUT2D eigenvalue weighted by atomic mass is 35.5. The van der Waals surface area contributed by atoms with Gasteiger partial charge in [-0.2, -0.15) is 0 Å². The van der Waals surface area contributed by atoms with Crippen molar-refractivity contribution >= 4 is 11.6 Å². The molecule has 3 heteroatoms. The molecule has 2 nitrogen and oxygen atoms in total. The van der Waals surface area contributed by atoms with Gasteiger partial charge in [-0.05, 0) is 6.42 Å². The Morgan fingerprint density at radius 3 is 1.84 bits per heavy atom. The van der Waals surface area contributed by atoms with Crippen LogP contribution >= 0.6 is 11.6 Å². The molecule has 0 spiro atoms. The first kappa shape index (κ1) is 16.7. The summed E-state index contributed by atoms with van der Waals surface area (Å²) in [5, 5.41) is 0. The zero-order valence-corrected chi connectivity index (χ0v) is 13.4. The zero-order chi connectivity index (χ0) is 13.8. The highest BCUT2D eigenvalue weighted by Gasteiger charge is 2.09. The van der Waals surface area contributed by atoms with Gasteiger partial charge in [-0.3, -0.25) is 0 Å². The Labute approximate surface area is 124 Å². The van der Waals surface area contributed by atoms with Gasteiger partial charge in [0.25, 0.3) is 0 Å². The van der Waals surface area contributed by atoms with Gasteiger partial charge < -0.3 is 9.80 Å². The summed E-state index contributed by atoms with van der Waals surface area (Å²) >= 11 is 5.79. The SMILES string of the molecule is CCCCCCCCCCCCN1C=CN(CCl)C1. The summed E-state index contributed by atoms with van der Waals surface area (Å²) in [7, 11) is 0. The van der Waals surface area contributed by atoms with Crippen LogP contribution in [0.5, 0.6) is 0 Å². The first-order valence-electron chi connectivity index (χ1n) is 8.09. The van der Waals surface area contributed by atoms with E-state index in [4.69, 9.17) is 11.6 Å². The van der Waals surface area contributed by atoms with Gasteiger partial charge in [0.05, 0.1) is 12.7 Å². The fourth-order valence-corrected chi connectivity index (χ4v) is 2.70. The molecule has 0 saturated carbocycles. The minimum Gasteiger partial charge on any atom is -0.359 e. The van der Waals surface area contributed by atoms with Crippen molar-refractivity contribution in [3.63, 3.8) is 0 Å². The Hall–Kier alpha value is -0.370. The molecular formula is C16H31ClN2. The molecule has 19 heavy (non-hydrogen) atoms. The minimum atomic E-state index is 0.602. The first-order chi connectivity index (χ1) is 9.36. The van der Waals surface area contributed by atoms with E-state index in [1.165, 1.54) is 70.8 Å². The molecule has 0 saturated heterocycles. The van der Waals surface area contributed by atoms with Crippen LogP contribution < -0.4 is 0 Å². The van der Waals surface area contributed by atoms with E-state index in [1.54, 1.807) is 0 Å². The van der Waals surface area contributed by atoms with Crippen molar-refractivity contribution in [3.8, 4) is 0 Å². The number of rotatable bonds is 12. The molecule has 0 bridgehead atoms. The molecule has 0 fully saturated rings. The van der Waals surface area contributed by atoms with Crippen LogP contribution in [0.4, 0.5) is 0 Å². The quantitative estimate of drug-likeness (QED) is 0.278. The smallest absolute Gasteiger partial charge is 0.0941 e. The van der Waals surface area contributed by atoms with Crippen LogP contribution in [0.15, 0.2) is 12.4 Å². The van der Waals surface area contributed by atoms with E-state index < -0.39 is 0 Å². The summed E-state index contributed by atoms with van der Waals surface area (Å²) in [5.74, 6) is 0. The van der Waals surface area contributed by atoms with Crippen molar-refractivity contribution in [2.75, 3.05) is 19.2 Å². The van der Waals surface area contributed by atoms with Crippen molar-refractivity contribution in [2.45, 2.75) is 71.1 Å². The molecule has 1 aliphatic heterocycles. The third-order valence-electron chi connectivity index (χ3n) is 3.80. The van der Waals surface area contributed by atoms with Gasteiger partial charge in [-0.25, -0.2) is 0 Å². The van der Waals surface area contributed by atoms with Gasteiger partial charge in [0.15, 0.2) is 0 Å². The number of halogens is 1. The van der Waals surface area contributed by atoms with Gasteiger partial charge >= 0.3 is 0 Å². The maximum atomic E-state index is 5.79. The van der Waals surface area contributed by atoms with E-state index in [0.717, 1.165) is 6.67 Å². The second kappa shape index (κ2) is 11.5. The minimum absolute atomic E-state index is 0.602. The monoisotopic (exact) mass is 286 g/mol. The van der Waals surface area contributed by atoms with E-state index in [-0.39, 0.29) is 0 Å². The largest absolute Gasteiger partial charge is 0.359 e. The van der Waals surface area contributed by atoms with Crippen molar-refractivity contribution < 1.29 is 0 Å². The molecule has 0 unspecified atom stereocenters. The number of hydrogen-bond donors (Lipinski definition) is 0. The highest BCUT2D eigenvalue weighted by Crippen LogP contribution is 2.12. The fraction of sp³-hybridized carbons (Fsp3) is 0.875. The van der Waals surface area contributed by atoms with E-state index in [1.807, 2.05) is 0 Å². The van der Waals surface area contributed by atoms with Crippen molar-refractivity contribution in [1.29, 1.82) is 0 Å². The number of unbranched alkanes of at least 4 members (excludes halogenated alkanes) is 9. The second-order valence-corrected chi connectivity index (χ2v) is 5.88. The summed E-state index contributed by atoms with van der Waals surface area (Å²) in [6.07, 6.45) is 18.3. The number of alkyl halides is 1. The average molecular weight is 287 g/mol. The number of hydrogen-bond acceptors (Lipinski definition) is 2. The molecule has 0 aromatic rings. The van der Waals surface area contributed by atoms with Crippen LogP contribution in [0.2, 0.25) is 0 Å². The van der Waals surface area contributed by atoms with Crippen LogP contribution in [-0.4, -0.2) is 29.0 Å². The van der Waals surface area contributed by atoms with Gasteiger partial charge in [0, 0.05) is 18.9 Å². The Morgan fingerprint density at radius 1 is 0.789 bits per heavy atom. The second-order valence-electron chi connectivity index (χ2n) is 5.64. The molecule has 0 aromatic carbocycles. The van der Waals surface area contributed by atoms with Crippen LogP contribution in [0.1, 0.15) is 71.1 Å². The molecular weight excluding hydrogens is 256 g/mol. The first-order valence-corrected chi connectivity index (χ1v) is 8.62. The van der Waals surface area contributed by atoms with Crippen LogP contribution in [0.25, 0.3) is 0 Å². The third-order valence-corrected chi connectivity index (χ3v) is 4.11. The highest BCUT2D eigenvalue weighted by molar-refractivity contribution is 6.17. The predicted molar refractivity (Wildman–Crippen MR) is 85.1 cm³/mol. The Morgan fingerprint density at radius 2 is 1.32 bits per heavy atom. The van der Waals surface area contributed by atoms with Gasteiger partial charge in [0.2, 0.25) is 0 Å². The Balaban J connectivity index is 1.78. The number of nitrogens with zero attached hydrogens (tertiary/aromatic N) is 2. The van der Waals surface area contributed by atoms with Gasteiger partial charge in [0.1, 0.15) is 0 Å². The Bertz CT molecular complexity index is 231. The van der Waals surface area contributed by atoms with Crippen LogP contribution in [-0.2, 0) is 0 Å². The normalized spacial score (nSPS) is 14.6. The molecule has 1 heterocycles. The standard InChI is InChI=1S/C16H31ClN2/c1-2-3-4-5-6-7-8-9-10-11-12-18-13-14-19(15-17)16-18/h13-14H,2-12,15-16H2,1H3. The maximum absolute atomic E-state index is 5.79. The molecule has 0 atom stereocenters. The fourth-order valence-electron chi connectivity index (χ4n) is 2.54. The third kappa shape index (κ3) is 8.41. The van der Waals surface area contributed by atoms with E-state index in [2.05, 4.69) is 29.1 Å². The van der Waals surface area contributed by atoms with Crippen LogP contribution in [0, 0.1) is 0 Å². The van der Waals surface area contributed by atoms with E-state index in [9.17, 15) is 0 Å². The summed E-state index contributed by atoms with van der Waals surface area (Å²) in [6, 6.07) is 0.602. The van der Waals surface area contributed by atoms with Gasteiger partial charge in [-0.15, -0.1) is 11.6 Å². The van der Waals surface area contributed by atoms with Gasteiger partial charge in [-0.1, -0.05) is 64.7 Å². The molecule has 0 radical (unpaired) electrons.